The Morgan fingerprint density at radius 1 is 1.50 bits per heavy atom. The standard InChI is InChI=1S/C13H23N3/c1-10-5-4-6-13(14-10)8-7-12-9-16(3)15-11(12)2/h9-10,13-14H,4-8H2,1-3H3. The Labute approximate surface area is 98.2 Å². The lowest BCUT2D eigenvalue weighted by Crippen LogP contribution is -2.40. The minimum absolute atomic E-state index is 0.703. The smallest absolute Gasteiger partial charge is 0.0625 e. The van der Waals surface area contributed by atoms with Crippen LogP contribution in [0.2, 0.25) is 0 Å². The van der Waals surface area contributed by atoms with E-state index in [0.29, 0.717) is 12.1 Å². The van der Waals surface area contributed by atoms with Crippen molar-refractivity contribution >= 4 is 0 Å². The summed E-state index contributed by atoms with van der Waals surface area (Å²) < 4.78 is 1.92. The molecule has 0 spiro atoms. The van der Waals surface area contributed by atoms with Gasteiger partial charge in [0.05, 0.1) is 5.69 Å². The number of aromatic nitrogens is 2. The molecule has 1 N–H and O–H groups in total. The molecule has 90 valence electrons. The van der Waals surface area contributed by atoms with Crippen molar-refractivity contribution in [2.45, 2.75) is 58.0 Å². The zero-order chi connectivity index (χ0) is 11.5. The van der Waals surface area contributed by atoms with Crippen LogP contribution in [0.4, 0.5) is 0 Å². The minimum atomic E-state index is 0.703. The molecule has 0 aromatic carbocycles. The van der Waals surface area contributed by atoms with Gasteiger partial charge < -0.3 is 5.32 Å². The third-order valence-corrected chi connectivity index (χ3v) is 3.59. The number of rotatable bonds is 3. The first-order valence-electron chi connectivity index (χ1n) is 6.40. The summed E-state index contributed by atoms with van der Waals surface area (Å²) in [6.45, 7) is 4.40. The molecular formula is C13H23N3. The summed E-state index contributed by atoms with van der Waals surface area (Å²) in [5, 5.41) is 8.07. The van der Waals surface area contributed by atoms with Crippen LogP contribution in [-0.2, 0) is 13.5 Å². The molecule has 3 nitrogen and oxygen atoms in total. The highest BCUT2D eigenvalue weighted by Gasteiger charge is 2.17. The van der Waals surface area contributed by atoms with Gasteiger partial charge in [-0.15, -0.1) is 0 Å². The highest BCUT2D eigenvalue weighted by molar-refractivity contribution is 5.15. The predicted octanol–water partition coefficient (Wildman–Crippen LogP) is 2.19. The van der Waals surface area contributed by atoms with Crippen LogP contribution in [0.3, 0.4) is 0 Å². The molecule has 0 radical (unpaired) electrons. The summed E-state index contributed by atoms with van der Waals surface area (Å²) in [6.07, 6.45) is 8.61. The quantitative estimate of drug-likeness (QED) is 0.848. The number of hydrogen-bond acceptors (Lipinski definition) is 2. The predicted molar refractivity (Wildman–Crippen MR) is 66.5 cm³/mol. The molecule has 2 heterocycles. The second-order valence-electron chi connectivity index (χ2n) is 5.15. The summed E-state index contributed by atoms with van der Waals surface area (Å²) in [4.78, 5) is 0. The molecule has 1 aromatic heterocycles. The number of nitrogens with zero attached hydrogens (tertiary/aromatic N) is 2. The van der Waals surface area contributed by atoms with E-state index in [1.165, 1.54) is 36.9 Å². The molecule has 1 fully saturated rings. The highest BCUT2D eigenvalue weighted by Crippen LogP contribution is 2.17. The van der Waals surface area contributed by atoms with Gasteiger partial charge in [0, 0.05) is 25.3 Å². The van der Waals surface area contributed by atoms with Crippen molar-refractivity contribution in [1.82, 2.24) is 15.1 Å². The lowest BCUT2D eigenvalue weighted by atomic mass is 9.95. The Morgan fingerprint density at radius 2 is 2.31 bits per heavy atom. The lowest BCUT2D eigenvalue weighted by molar-refractivity contribution is 0.322. The first kappa shape index (κ1) is 11.6. The van der Waals surface area contributed by atoms with E-state index in [-0.39, 0.29) is 0 Å². The normalized spacial score (nSPS) is 25.9. The number of hydrogen-bond donors (Lipinski definition) is 1. The average Bonchev–Trinajstić information content (AvgIpc) is 2.54. The van der Waals surface area contributed by atoms with Gasteiger partial charge in [0.1, 0.15) is 0 Å². The molecule has 2 unspecified atom stereocenters. The third kappa shape index (κ3) is 2.85. The van der Waals surface area contributed by atoms with Gasteiger partial charge in [-0.25, -0.2) is 0 Å². The molecule has 0 saturated carbocycles. The molecule has 0 bridgehead atoms. The SMILES string of the molecule is Cc1nn(C)cc1CCC1CCCC(C)N1. The Balaban J connectivity index is 1.85. The van der Waals surface area contributed by atoms with Crippen LogP contribution >= 0.6 is 0 Å². The van der Waals surface area contributed by atoms with Crippen LogP contribution < -0.4 is 5.32 Å². The molecule has 2 rings (SSSR count). The third-order valence-electron chi connectivity index (χ3n) is 3.59. The van der Waals surface area contributed by atoms with Crippen molar-refractivity contribution in [3.63, 3.8) is 0 Å². The second kappa shape index (κ2) is 5.00. The van der Waals surface area contributed by atoms with E-state index in [1.54, 1.807) is 0 Å². The first-order valence-corrected chi connectivity index (χ1v) is 6.40. The molecule has 3 heteroatoms. The van der Waals surface area contributed by atoms with Gasteiger partial charge in [-0.1, -0.05) is 6.42 Å². The van der Waals surface area contributed by atoms with Crippen molar-refractivity contribution in [2.75, 3.05) is 0 Å². The first-order chi connectivity index (χ1) is 7.65. The van der Waals surface area contributed by atoms with Crippen molar-refractivity contribution in [1.29, 1.82) is 0 Å². The molecule has 16 heavy (non-hydrogen) atoms. The van der Waals surface area contributed by atoms with Crippen molar-refractivity contribution in [2.24, 2.45) is 7.05 Å². The molecule has 1 aliphatic heterocycles. The second-order valence-corrected chi connectivity index (χ2v) is 5.15. The van der Waals surface area contributed by atoms with Gasteiger partial charge in [0.2, 0.25) is 0 Å². The Bertz CT molecular complexity index is 343. The molecule has 0 amide bonds. The van der Waals surface area contributed by atoms with Gasteiger partial charge in [-0.3, -0.25) is 4.68 Å². The number of aryl methyl sites for hydroxylation is 3. The van der Waals surface area contributed by atoms with Crippen LogP contribution in [-0.4, -0.2) is 21.9 Å². The Kier molecular flexibility index (Phi) is 3.64. The molecule has 1 saturated heterocycles. The maximum absolute atomic E-state index is 4.39. The zero-order valence-electron chi connectivity index (χ0n) is 10.7. The fourth-order valence-electron chi connectivity index (χ4n) is 2.69. The van der Waals surface area contributed by atoms with Crippen molar-refractivity contribution in [3.05, 3.63) is 17.5 Å². The Morgan fingerprint density at radius 3 is 2.94 bits per heavy atom. The minimum Gasteiger partial charge on any atom is -0.311 e. The number of piperidine rings is 1. The highest BCUT2D eigenvalue weighted by atomic mass is 15.2. The van der Waals surface area contributed by atoms with Gasteiger partial charge in [0.25, 0.3) is 0 Å². The molecule has 2 atom stereocenters. The fraction of sp³-hybridized carbons (Fsp3) is 0.769. The topological polar surface area (TPSA) is 29.9 Å². The van der Waals surface area contributed by atoms with Gasteiger partial charge in [0.15, 0.2) is 0 Å². The van der Waals surface area contributed by atoms with Crippen LogP contribution in [0.15, 0.2) is 6.20 Å². The molecular weight excluding hydrogens is 198 g/mol. The van der Waals surface area contributed by atoms with Crippen LogP contribution in [0, 0.1) is 6.92 Å². The summed E-state index contributed by atoms with van der Waals surface area (Å²) >= 11 is 0. The van der Waals surface area contributed by atoms with Gasteiger partial charge in [-0.05, 0) is 45.1 Å². The Hall–Kier alpha value is -0.830. The summed E-state index contributed by atoms with van der Waals surface area (Å²) in [7, 11) is 2.00. The van der Waals surface area contributed by atoms with E-state index in [9.17, 15) is 0 Å². The van der Waals surface area contributed by atoms with E-state index >= 15 is 0 Å². The van der Waals surface area contributed by atoms with Crippen molar-refractivity contribution < 1.29 is 0 Å². The summed E-state index contributed by atoms with van der Waals surface area (Å²) in [5.74, 6) is 0. The number of nitrogens with one attached hydrogen (secondary N) is 1. The van der Waals surface area contributed by atoms with Gasteiger partial charge >= 0.3 is 0 Å². The summed E-state index contributed by atoms with van der Waals surface area (Å²) in [5.41, 5.74) is 2.59. The van der Waals surface area contributed by atoms with Crippen LogP contribution in [0.25, 0.3) is 0 Å². The largest absolute Gasteiger partial charge is 0.311 e. The zero-order valence-corrected chi connectivity index (χ0v) is 10.7. The molecule has 0 aliphatic carbocycles. The monoisotopic (exact) mass is 221 g/mol. The summed E-state index contributed by atoms with van der Waals surface area (Å²) in [6, 6.07) is 1.41. The van der Waals surface area contributed by atoms with Crippen molar-refractivity contribution in [3.8, 4) is 0 Å². The van der Waals surface area contributed by atoms with Crippen LogP contribution in [0.1, 0.15) is 43.9 Å². The van der Waals surface area contributed by atoms with E-state index in [0.717, 1.165) is 6.42 Å². The molecule has 1 aromatic rings. The van der Waals surface area contributed by atoms with E-state index in [4.69, 9.17) is 0 Å². The maximum atomic E-state index is 4.39. The maximum Gasteiger partial charge on any atom is 0.0625 e. The van der Waals surface area contributed by atoms with Crippen LogP contribution in [0.5, 0.6) is 0 Å². The van der Waals surface area contributed by atoms with E-state index in [1.807, 2.05) is 11.7 Å². The lowest BCUT2D eigenvalue weighted by Gasteiger charge is -2.28. The fourth-order valence-corrected chi connectivity index (χ4v) is 2.69. The van der Waals surface area contributed by atoms with E-state index < -0.39 is 0 Å². The average molecular weight is 221 g/mol. The van der Waals surface area contributed by atoms with Gasteiger partial charge in [-0.2, -0.15) is 5.10 Å². The molecule has 1 aliphatic rings. The van der Waals surface area contributed by atoms with E-state index in [2.05, 4.69) is 30.5 Å².